The molecule has 1 rings (SSSR count). The molecule has 1 aromatic rings. The Morgan fingerprint density at radius 2 is 2.28 bits per heavy atom. The molecule has 1 heterocycles. The number of halogens is 1. The van der Waals surface area contributed by atoms with Crippen molar-refractivity contribution in [3.05, 3.63) is 24.0 Å². The van der Waals surface area contributed by atoms with E-state index in [9.17, 15) is 4.79 Å². The third-order valence-electron chi connectivity index (χ3n) is 2.65. The van der Waals surface area contributed by atoms with Crippen molar-refractivity contribution in [3.63, 3.8) is 0 Å². The van der Waals surface area contributed by atoms with Gasteiger partial charge >= 0.3 is 0 Å². The van der Waals surface area contributed by atoms with Crippen molar-refractivity contribution in [1.82, 2.24) is 9.88 Å². The topological polar surface area (TPSA) is 42.4 Å². The highest BCUT2D eigenvalue weighted by atomic mass is 35.5. The lowest BCUT2D eigenvalue weighted by molar-refractivity contribution is 0.0703. The summed E-state index contributed by atoms with van der Waals surface area (Å²) in [6.07, 6.45) is 3.92. The number of hydrogen-bond donors (Lipinski definition) is 0. The minimum absolute atomic E-state index is 0.0469. The van der Waals surface area contributed by atoms with Gasteiger partial charge in [0, 0.05) is 24.7 Å². The number of carbonyl (C=O) groups is 1. The highest BCUT2D eigenvalue weighted by Crippen LogP contribution is 2.19. The zero-order valence-corrected chi connectivity index (χ0v) is 11.8. The molecule has 18 heavy (non-hydrogen) atoms. The van der Waals surface area contributed by atoms with Crippen LogP contribution < -0.4 is 4.74 Å². The zero-order chi connectivity index (χ0) is 13.5. The lowest BCUT2D eigenvalue weighted by atomic mass is 10.2. The van der Waals surface area contributed by atoms with Gasteiger partial charge in [0.15, 0.2) is 0 Å². The highest BCUT2D eigenvalue weighted by Gasteiger charge is 2.21. The summed E-state index contributed by atoms with van der Waals surface area (Å²) in [5, 5.41) is 0. The van der Waals surface area contributed by atoms with Crippen molar-refractivity contribution in [2.45, 2.75) is 26.3 Å². The van der Waals surface area contributed by atoms with Gasteiger partial charge in [0.25, 0.3) is 5.91 Å². The molecule has 1 aromatic heterocycles. The van der Waals surface area contributed by atoms with Crippen LogP contribution in [-0.4, -0.2) is 41.4 Å². The van der Waals surface area contributed by atoms with E-state index in [1.807, 2.05) is 13.8 Å². The van der Waals surface area contributed by atoms with Crippen LogP contribution in [0.15, 0.2) is 18.5 Å². The average Bonchev–Trinajstić information content (AvgIpc) is 2.38. The Morgan fingerprint density at radius 3 is 2.83 bits per heavy atom. The standard InChI is InChI=1S/C13H19ClN2O2/c1-10(2)16(8-4-6-14)13(17)11-5-7-15-9-12(11)18-3/h5,7,9-10H,4,6,8H2,1-3H3. The molecule has 0 unspecified atom stereocenters. The van der Waals surface area contributed by atoms with Gasteiger partial charge in [-0.15, -0.1) is 11.6 Å². The molecule has 0 radical (unpaired) electrons. The highest BCUT2D eigenvalue weighted by molar-refractivity contribution is 6.17. The summed E-state index contributed by atoms with van der Waals surface area (Å²) in [5.41, 5.74) is 0.538. The molecule has 0 aliphatic rings. The molecule has 4 nitrogen and oxygen atoms in total. The van der Waals surface area contributed by atoms with Crippen LogP contribution in [0.4, 0.5) is 0 Å². The van der Waals surface area contributed by atoms with E-state index >= 15 is 0 Å². The maximum atomic E-state index is 12.4. The summed E-state index contributed by atoms with van der Waals surface area (Å²) in [6.45, 7) is 4.62. The molecule has 0 saturated heterocycles. The Labute approximate surface area is 113 Å². The number of nitrogens with zero attached hydrogens (tertiary/aromatic N) is 2. The molecule has 0 saturated carbocycles. The first-order valence-electron chi connectivity index (χ1n) is 5.96. The molecule has 0 aliphatic carbocycles. The molecule has 0 bridgehead atoms. The largest absolute Gasteiger partial charge is 0.494 e. The van der Waals surface area contributed by atoms with Gasteiger partial charge in [-0.05, 0) is 26.3 Å². The lowest BCUT2D eigenvalue weighted by Gasteiger charge is -2.27. The summed E-state index contributed by atoms with van der Waals surface area (Å²) >= 11 is 5.69. The molecule has 0 atom stereocenters. The summed E-state index contributed by atoms with van der Waals surface area (Å²) in [4.78, 5) is 18.2. The van der Waals surface area contributed by atoms with Crippen LogP contribution in [0.1, 0.15) is 30.6 Å². The number of alkyl halides is 1. The molecule has 0 fully saturated rings. The maximum Gasteiger partial charge on any atom is 0.257 e. The average molecular weight is 271 g/mol. The van der Waals surface area contributed by atoms with Crippen LogP contribution in [0, 0.1) is 0 Å². The fraction of sp³-hybridized carbons (Fsp3) is 0.538. The number of carbonyl (C=O) groups excluding carboxylic acids is 1. The van der Waals surface area contributed by atoms with Crippen LogP contribution >= 0.6 is 11.6 Å². The number of rotatable bonds is 6. The van der Waals surface area contributed by atoms with Gasteiger partial charge in [0.2, 0.25) is 0 Å². The second-order valence-electron chi connectivity index (χ2n) is 4.21. The van der Waals surface area contributed by atoms with E-state index in [4.69, 9.17) is 16.3 Å². The van der Waals surface area contributed by atoms with E-state index in [1.54, 1.807) is 23.4 Å². The number of pyridine rings is 1. The lowest BCUT2D eigenvalue weighted by Crippen LogP contribution is -2.38. The molecule has 0 aromatic carbocycles. The van der Waals surface area contributed by atoms with E-state index in [2.05, 4.69) is 4.98 Å². The fourth-order valence-corrected chi connectivity index (χ4v) is 1.82. The zero-order valence-electron chi connectivity index (χ0n) is 11.0. The third-order valence-corrected chi connectivity index (χ3v) is 2.92. The van der Waals surface area contributed by atoms with Crippen LogP contribution in [-0.2, 0) is 0 Å². The molecular formula is C13H19ClN2O2. The maximum absolute atomic E-state index is 12.4. The van der Waals surface area contributed by atoms with Crippen molar-refractivity contribution < 1.29 is 9.53 Å². The van der Waals surface area contributed by atoms with E-state index in [0.29, 0.717) is 23.7 Å². The van der Waals surface area contributed by atoms with Crippen molar-refractivity contribution >= 4 is 17.5 Å². The van der Waals surface area contributed by atoms with Crippen LogP contribution in [0.2, 0.25) is 0 Å². The second-order valence-corrected chi connectivity index (χ2v) is 4.59. The number of aromatic nitrogens is 1. The molecule has 100 valence electrons. The molecule has 0 spiro atoms. The van der Waals surface area contributed by atoms with Gasteiger partial charge < -0.3 is 9.64 Å². The fourth-order valence-electron chi connectivity index (χ4n) is 1.70. The minimum atomic E-state index is -0.0469. The minimum Gasteiger partial charge on any atom is -0.494 e. The Morgan fingerprint density at radius 1 is 1.56 bits per heavy atom. The number of hydrogen-bond acceptors (Lipinski definition) is 3. The molecule has 0 aliphatic heterocycles. The predicted octanol–water partition coefficient (Wildman–Crippen LogP) is 2.57. The molecule has 5 heteroatoms. The Bertz CT molecular complexity index is 396. The van der Waals surface area contributed by atoms with Crippen LogP contribution in [0.3, 0.4) is 0 Å². The van der Waals surface area contributed by atoms with Crippen molar-refractivity contribution in [1.29, 1.82) is 0 Å². The van der Waals surface area contributed by atoms with Gasteiger partial charge in [-0.1, -0.05) is 0 Å². The van der Waals surface area contributed by atoms with Gasteiger partial charge in [-0.25, -0.2) is 0 Å². The predicted molar refractivity (Wildman–Crippen MR) is 72.3 cm³/mol. The normalized spacial score (nSPS) is 10.5. The third kappa shape index (κ3) is 3.60. The van der Waals surface area contributed by atoms with E-state index in [0.717, 1.165) is 6.42 Å². The Kier molecular flexibility index (Phi) is 5.92. The first-order valence-corrected chi connectivity index (χ1v) is 6.50. The second kappa shape index (κ2) is 7.21. The SMILES string of the molecule is COc1cnccc1C(=O)N(CCCCl)C(C)C. The number of ether oxygens (including phenoxy) is 1. The summed E-state index contributed by atoms with van der Waals surface area (Å²) < 4.78 is 5.16. The van der Waals surface area contributed by atoms with Crippen molar-refractivity contribution in [2.24, 2.45) is 0 Å². The van der Waals surface area contributed by atoms with E-state index < -0.39 is 0 Å². The number of amides is 1. The number of methoxy groups -OCH3 is 1. The Hall–Kier alpha value is -1.29. The summed E-state index contributed by atoms with van der Waals surface area (Å²) in [6, 6.07) is 1.80. The monoisotopic (exact) mass is 270 g/mol. The molecule has 1 amide bonds. The smallest absolute Gasteiger partial charge is 0.257 e. The van der Waals surface area contributed by atoms with Crippen molar-refractivity contribution in [3.8, 4) is 5.75 Å². The first kappa shape index (κ1) is 14.8. The van der Waals surface area contributed by atoms with Crippen LogP contribution in [0.25, 0.3) is 0 Å². The molecule has 0 N–H and O–H groups in total. The Balaban J connectivity index is 2.94. The van der Waals surface area contributed by atoms with Gasteiger partial charge in [0.1, 0.15) is 5.75 Å². The van der Waals surface area contributed by atoms with E-state index in [-0.39, 0.29) is 11.9 Å². The van der Waals surface area contributed by atoms with E-state index in [1.165, 1.54) is 7.11 Å². The van der Waals surface area contributed by atoms with Gasteiger partial charge in [-0.3, -0.25) is 9.78 Å². The van der Waals surface area contributed by atoms with Crippen LogP contribution in [0.5, 0.6) is 5.75 Å². The summed E-state index contributed by atoms with van der Waals surface area (Å²) in [5.74, 6) is 0.998. The quantitative estimate of drug-likeness (QED) is 0.746. The van der Waals surface area contributed by atoms with Gasteiger partial charge in [0.05, 0.1) is 18.9 Å². The van der Waals surface area contributed by atoms with Gasteiger partial charge in [-0.2, -0.15) is 0 Å². The molecular weight excluding hydrogens is 252 g/mol. The summed E-state index contributed by atoms with van der Waals surface area (Å²) in [7, 11) is 1.53. The van der Waals surface area contributed by atoms with Crippen molar-refractivity contribution in [2.75, 3.05) is 19.5 Å². The first-order chi connectivity index (χ1) is 8.61.